The third-order valence-electron chi connectivity index (χ3n) is 2.77. The van der Waals surface area contributed by atoms with Gasteiger partial charge in [-0.05, 0) is 19.4 Å². The van der Waals surface area contributed by atoms with Crippen LogP contribution in [0.3, 0.4) is 0 Å². The molecule has 0 radical (unpaired) electrons. The van der Waals surface area contributed by atoms with Crippen LogP contribution in [0.4, 0.5) is 4.79 Å². The molecule has 2 aliphatic heterocycles. The monoisotopic (exact) mass is 214 g/mol. The van der Waals surface area contributed by atoms with E-state index in [-0.39, 0.29) is 12.6 Å². The molecule has 2 aliphatic rings. The van der Waals surface area contributed by atoms with Crippen LogP contribution in [0.1, 0.15) is 12.8 Å². The zero-order valence-electron chi connectivity index (χ0n) is 8.31. The molecule has 84 valence electrons. The number of hydrogen-bond acceptors (Lipinski definition) is 4. The molecular weight excluding hydrogens is 200 g/mol. The number of carbonyl (C=O) groups excluding carboxylic acids is 1. The van der Waals surface area contributed by atoms with E-state index in [1.54, 1.807) is 0 Å². The zero-order chi connectivity index (χ0) is 10.8. The van der Waals surface area contributed by atoms with Crippen LogP contribution in [-0.2, 0) is 9.53 Å². The van der Waals surface area contributed by atoms with Crippen LogP contribution in [0.25, 0.3) is 0 Å². The van der Waals surface area contributed by atoms with Gasteiger partial charge in [0.05, 0.1) is 6.54 Å². The molecule has 0 aromatic carbocycles. The Kier molecular flexibility index (Phi) is 2.77. The number of aliphatic carboxylic acids is 1. The highest BCUT2D eigenvalue weighted by atomic mass is 16.6. The van der Waals surface area contributed by atoms with Crippen molar-refractivity contribution < 1.29 is 19.4 Å². The summed E-state index contributed by atoms with van der Waals surface area (Å²) in [6.45, 7) is 1.67. The molecule has 2 heterocycles. The fourth-order valence-electron chi connectivity index (χ4n) is 1.96. The van der Waals surface area contributed by atoms with Crippen molar-refractivity contribution in [3.63, 3.8) is 0 Å². The number of amides is 1. The number of carbonyl (C=O) groups is 2. The summed E-state index contributed by atoms with van der Waals surface area (Å²) in [5.41, 5.74) is 0. The lowest BCUT2D eigenvalue weighted by Crippen LogP contribution is -2.38. The van der Waals surface area contributed by atoms with Crippen molar-refractivity contribution in [3.8, 4) is 0 Å². The van der Waals surface area contributed by atoms with E-state index in [1.807, 2.05) is 0 Å². The lowest BCUT2D eigenvalue weighted by Gasteiger charge is -2.17. The first-order valence-electron chi connectivity index (χ1n) is 5.08. The first kappa shape index (κ1) is 10.2. The van der Waals surface area contributed by atoms with Crippen LogP contribution in [0.5, 0.6) is 0 Å². The number of ether oxygens (including phenoxy) is 1. The molecule has 0 bridgehead atoms. The van der Waals surface area contributed by atoms with Crippen LogP contribution >= 0.6 is 0 Å². The molecule has 0 aliphatic carbocycles. The number of nitrogens with zero attached hydrogens (tertiary/aromatic N) is 1. The van der Waals surface area contributed by atoms with Gasteiger partial charge in [-0.2, -0.15) is 0 Å². The number of hydrogen-bond donors (Lipinski definition) is 2. The third-order valence-corrected chi connectivity index (χ3v) is 2.77. The van der Waals surface area contributed by atoms with Gasteiger partial charge < -0.3 is 20.1 Å². The molecule has 1 unspecified atom stereocenters. The summed E-state index contributed by atoms with van der Waals surface area (Å²) in [6, 6.07) is 0.282. The first-order chi connectivity index (χ1) is 7.16. The van der Waals surface area contributed by atoms with E-state index in [2.05, 4.69) is 5.32 Å². The summed E-state index contributed by atoms with van der Waals surface area (Å²) in [6.07, 6.45) is 0.618. The van der Waals surface area contributed by atoms with Gasteiger partial charge in [0.1, 0.15) is 0 Å². The van der Waals surface area contributed by atoms with Crippen molar-refractivity contribution >= 4 is 12.1 Å². The molecule has 2 saturated heterocycles. The second kappa shape index (κ2) is 4.06. The summed E-state index contributed by atoms with van der Waals surface area (Å²) in [5.74, 6) is -1.08. The SMILES string of the molecule is O=C(O)[C@H]1CN(CC2CCCN2)C(=O)O1. The smallest absolute Gasteiger partial charge is 0.410 e. The lowest BCUT2D eigenvalue weighted by molar-refractivity contribution is -0.144. The summed E-state index contributed by atoms with van der Waals surface area (Å²) in [5, 5.41) is 11.9. The fourth-order valence-corrected chi connectivity index (χ4v) is 1.96. The van der Waals surface area contributed by atoms with Gasteiger partial charge in [0.2, 0.25) is 6.10 Å². The predicted molar refractivity (Wildman–Crippen MR) is 50.5 cm³/mol. The van der Waals surface area contributed by atoms with Crippen molar-refractivity contribution in [1.82, 2.24) is 10.2 Å². The van der Waals surface area contributed by atoms with Gasteiger partial charge in [-0.25, -0.2) is 9.59 Å². The van der Waals surface area contributed by atoms with Crippen molar-refractivity contribution in [1.29, 1.82) is 0 Å². The molecule has 2 N–H and O–H groups in total. The number of cyclic esters (lactones) is 1. The van der Waals surface area contributed by atoms with Gasteiger partial charge in [-0.3, -0.25) is 0 Å². The average molecular weight is 214 g/mol. The Morgan fingerprint density at radius 3 is 3.00 bits per heavy atom. The number of carboxylic acid groups (broad SMARTS) is 1. The quantitative estimate of drug-likeness (QED) is 0.671. The topological polar surface area (TPSA) is 78.9 Å². The maximum absolute atomic E-state index is 11.3. The van der Waals surface area contributed by atoms with E-state index in [1.165, 1.54) is 4.90 Å². The Hall–Kier alpha value is -1.30. The Morgan fingerprint density at radius 1 is 1.67 bits per heavy atom. The molecule has 0 aromatic heterocycles. The van der Waals surface area contributed by atoms with Crippen LogP contribution in [-0.4, -0.2) is 53.8 Å². The van der Waals surface area contributed by atoms with Gasteiger partial charge in [0, 0.05) is 12.6 Å². The van der Waals surface area contributed by atoms with E-state index >= 15 is 0 Å². The van der Waals surface area contributed by atoms with E-state index in [4.69, 9.17) is 9.84 Å². The Bertz CT molecular complexity index is 275. The summed E-state index contributed by atoms with van der Waals surface area (Å²) in [7, 11) is 0. The number of carboxylic acids is 1. The highest BCUT2D eigenvalue weighted by Gasteiger charge is 2.37. The molecule has 6 nitrogen and oxygen atoms in total. The Morgan fingerprint density at radius 2 is 2.47 bits per heavy atom. The number of nitrogens with one attached hydrogen (secondary N) is 1. The van der Waals surface area contributed by atoms with Crippen molar-refractivity contribution in [2.45, 2.75) is 25.0 Å². The van der Waals surface area contributed by atoms with E-state index < -0.39 is 18.2 Å². The summed E-state index contributed by atoms with van der Waals surface area (Å²) < 4.78 is 4.71. The minimum absolute atomic E-state index is 0.159. The molecular formula is C9H14N2O4. The zero-order valence-corrected chi connectivity index (χ0v) is 8.31. The minimum Gasteiger partial charge on any atom is -0.478 e. The minimum atomic E-state index is -1.08. The van der Waals surface area contributed by atoms with Gasteiger partial charge in [0.25, 0.3) is 0 Å². The Labute approximate surface area is 87.2 Å². The fraction of sp³-hybridized carbons (Fsp3) is 0.778. The Balaban J connectivity index is 1.87. The molecule has 6 heteroatoms. The second-order valence-corrected chi connectivity index (χ2v) is 3.91. The van der Waals surface area contributed by atoms with Crippen LogP contribution in [0.15, 0.2) is 0 Å². The highest BCUT2D eigenvalue weighted by molar-refractivity contribution is 5.81. The van der Waals surface area contributed by atoms with Crippen molar-refractivity contribution in [2.75, 3.05) is 19.6 Å². The molecule has 2 fully saturated rings. The molecule has 0 spiro atoms. The normalized spacial score (nSPS) is 30.7. The first-order valence-corrected chi connectivity index (χ1v) is 5.08. The average Bonchev–Trinajstić information content (AvgIpc) is 2.77. The summed E-state index contributed by atoms with van der Waals surface area (Å²) in [4.78, 5) is 23.4. The molecule has 1 amide bonds. The maximum atomic E-state index is 11.3. The lowest BCUT2D eigenvalue weighted by atomic mass is 10.2. The second-order valence-electron chi connectivity index (χ2n) is 3.91. The number of rotatable bonds is 3. The largest absolute Gasteiger partial charge is 0.478 e. The predicted octanol–water partition coefficient (Wildman–Crippen LogP) is -0.356. The van der Waals surface area contributed by atoms with Crippen LogP contribution in [0, 0.1) is 0 Å². The molecule has 2 rings (SSSR count). The van der Waals surface area contributed by atoms with E-state index in [0.29, 0.717) is 6.54 Å². The van der Waals surface area contributed by atoms with Crippen LogP contribution < -0.4 is 5.32 Å². The van der Waals surface area contributed by atoms with Gasteiger partial charge in [-0.1, -0.05) is 0 Å². The molecule has 15 heavy (non-hydrogen) atoms. The maximum Gasteiger partial charge on any atom is 0.410 e. The van der Waals surface area contributed by atoms with E-state index in [9.17, 15) is 9.59 Å². The molecule has 0 saturated carbocycles. The standard InChI is InChI=1S/C9H14N2O4/c12-8(13)7-5-11(9(14)15-7)4-6-2-1-3-10-6/h6-7,10H,1-5H2,(H,12,13)/t6?,7-/m1/s1. The van der Waals surface area contributed by atoms with Gasteiger partial charge in [-0.15, -0.1) is 0 Å². The summed E-state index contributed by atoms with van der Waals surface area (Å²) >= 11 is 0. The molecule has 0 aromatic rings. The van der Waals surface area contributed by atoms with Crippen molar-refractivity contribution in [2.24, 2.45) is 0 Å². The highest BCUT2D eigenvalue weighted by Crippen LogP contribution is 2.14. The van der Waals surface area contributed by atoms with Crippen LogP contribution in [0.2, 0.25) is 0 Å². The van der Waals surface area contributed by atoms with Gasteiger partial charge in [0.15, 0.2) is 0 Å². The third kappa shape index (κ3) is 2.20. The van der Waals surface area contributed by atoms with Gasteiger partial charge >= 0.3 is 12.1 Å². The van der Waals surface area contributed by atoms with E-state index in [0.717, 1.165) is 19.4 Å². The van der Waals surface area contributed by atoms with Crippen molar-refractivity contribution in [3.05, 3.63) is 0 Å². The molecule has 2 atom stereocenters.